The zero-order valence-corrected chi connectivity index (χ0v) is 18.8. The molecule has 2 aliphatic rings. The molecule has 0 fully saturated rings. The number of hydrogen-bond donors (Lipinski definition) is 1. The number of hydrogen-bond acceptors (Lipinski definition) is 5. The Morgan fingerprint density at radius 1 is 0.938 bits per heavy atom. The van der Waals surface area contributed by atoms with Gasteiger partial charge in [-0.1, -0.05) is 19.1 Å². The number of ether oxygens (including phenoxy) is 3. The number of rotatable bonds is 7. The lowest BCUT2D eigenvalue weighted by Gasteiger charge is -2.35. The molecule has 0 unspecified atom stereocenters. The van der Waals surface area contributed by atoms with Crippen LogP contribution in [0.5, 0.6) is 17.2 Å². The Kier molecular flexibility index (Phi) is 6.49. The molecule has 1 aliphatic heterocycles. The zero-order chi connectivity index (χ0) is 22.7. The van der Waals surface area contributed by atoms with Crippen molar-refractivity contribution < 1.29 is 23.8 Å². The van der Waals surface area contributed by atoms with Gasteiger partial charge >= 0.3 is 0 Å². The van der Waals surface area contributed by atoms with Crippen LogP contribution in [0.3, 0.4) is 0 Å². The molecule has 1 heterocycles. The van der Waals surface area contributed by atoms with Crippen LogP contribution in [0.4, 0.5) is 0 Å². The number of ketones is 1. The summed E-state index contributed by atoms with van der Waals surface area (Å²) in [5.41, 5.74) is 3.33. The molecule has 1 aliphatic carbocycles. The summed E-state index contributed by atoms with van der Waals surface area (Å²) in [6.45, 7) is 2.72. The number of amides is 1. The van der Waals surface area contributed by atoms with E-state index in [1.165, 1.54) is 0 Å². The van der Waals surface area contributed by atoms with Crippen LogP contribution in [0.2, 0.25) is 0 Å². The molecule has 0 spiro atoms. The predicted molar refractivity (Wildman–Crippen MR) is 121 cm³/mol. The molecule has 2 atom stereocenters. The monoisotopic (exact) mass is 435 g/mol. The van der Waals surface area contributed by atoms with Gasteiger partial charge in [-0.25, -0.2) is 0 Å². The number of carbonyl (C=O) groups excluding carboxylic acids is 2. The van der Waals surface area contributed by atoms with Gasteiger partial charge in [0.2, 0.25) is 5.91 Å². The summed E-state index contributed by atoms with van der Waals surface area (Å²) in [5.74, 6) is 1.90. The topological polar surface area (TPSA) is 73.9 Å². The van der Waals surface area contributed by atoms with Gasteiger partial charge in [0.05, 0.1) is 20.8 Å². The lowest BCUT2D eigenvalue weighted by molar-refractivity contribution is -0.122. The van der Waals surface area contributed by atoms with Crippen molar-refractivity contribution in [2.75, 3.05) is 20.8 Å². The second-order valence-electron chi connectivity index (χ2n) is 8.25. The van der Waals surface area contributed by atoms with Crippen LogP contribution in [0.1, 0.15) is 55.6 Å². The van der Waals surface area contributed by atoms with E-state index in [1.54, 1.807) is 14.2 Å². The number of nitrogens with one attached hydrogen (secondary N) is 1. The third-order valence-electron chi connectivity index (χ3n) is 6.17. The number of benzene rings is 2. The molecule has 2 aromatic carbocycles. The van der Waals surface area contributed by atoms with Crippen LogP contribution >= 0.6 is 0 Å². The number of methoxy groups -OCH3 is 2. The largest absolute Gasteiger partial charge is 0.497 e. The molecular weight excluding hydrogens is 406 g/mol. The Morgan fingerprint density at radius 2 is 1.69 bits per heavy atom. The summed E-state index contributed by atoms with van der Waals surface area (Å²) in [7, 11) is 3.23. The first-order valence-electron chi connectivity index (χ1n) is 11.0. The average molecular weight is 436 g/mol. The summed E-state index contributed by atoms with van der Waals surface area (Å²) in [6.07, 6.45) is 2.15. The Bertz CT molecular complexity index is 1040. The summed E-state index contributed by atoms with van der Waals surface area (Å²) >= 11 is 0. The molecule has 4 rings (SSSR count). The molecule has 0 saturated heterocycles. The fourth-order valence-corrected chi connectivity index (χ4v) is 4.64. The van der Waals surface area contributed by atoms with Crippen LogP contribution in [-0.4, -0.2) is 32.5 Å². The lowest BCUT2D eigenvalue weighted by Crippen LogP contribution is -2.38. The van der Waals surface area contributed by atoms with Crippen molar-refractivity contribution in [1.82, 2.24) is 5.32 Å². The Balaban J connectivity index is 1.65. The van der Waals surface area contributed by atoms with Crippen LogP contribution in [-0.2, 0) is 9.59 Å². The molecule has 1 amide bonds. The third-order valence-corrected chi connectivity index (χ3v) is 6.17. The molecule has 0 bridgehead atoms. The van der Waals surface area contributed by atoms with Crippen LogP contribution < -0.4 is 19.5 Å². The van der Waals surface area contributed by atoms with Gasteiger partial charge in [0, 0.05) is 41.5 Å². The fourth-order valence-electron chi connectivity index (χ4n) is 4.64. The summed E-state index contributed by atoms with van der Waals surface area (Å²) in [5, 5.41) is 2.98. The Hall–Kier alpha value is -3.28. The zero-order valence-electron chi connectivity index (χ0n) is 18.8. The molecule has 2 aromatic rings. The van der Waals surface area contributed by atoms with Crippen LogP contribution in [0.15, 0.2) is 53.7 Å². The minimum absolute atomic E-state index is 0.0638. The predicted octanol–water partition coefficient (Wildman–Crippen LogP) is 4.50. The van der Waals surface area contributed by atoms with Crippen molar-refractivity contribution in [1.29, 1.82) is 0 Å². The van der Waals surface area contributed by atoms with Gasteiger partial charge in [0.25, 0.3) is 0 Å². The minimum atomic E-state index is -0.236. The van der Waals surface area contributed by atoms with E-state index < -0.39 is 0 Å². The van der Waals surface area contributed by atoms with Crippen molar-refractivity contribution in [2.24, 2.45) is 0 Å². The van der Waals surface area contributed by atoms with Gasteiger partial charge in [0.1, 0.15) is 17.2 Å². The number of Topliss-reactive ketones (excluding diaryl/α,β-unsaturated/α-hetero) is 1. The van der Waals surface area contributed by atoms with Gasteiger partial charge in [0.15, 0.2) is 5.78 Å². The summed E-state index contributed by atoms with van der Waals surface area (Å²) < 4.78 is 16.6. The first-order valence-corrected chi connectivity index (χ1v) is 11.0. The molecule has 0 saturated carbocycles. The van der Waals surface area contributed by atoms with Crippen LogP contribution in [0.25, 0.3) is 0 Å². The molecule has 6 heteroatoms. The fraction of sp³-hybridized carbons (Fsp3) is 0.385. The van der Waals surface area contributed by atoms with Crippen molar-refractivity contribution in [3.8, 4) is 17.2 Å². The normalized spacial score (nSPS) is 20.5. The molecule has 0 aromatic heterocycles. The third kappa shape index (κ3) is 4.35. The molecule has 1 N–H and O–H groups in total. The smallest absolute Gasteiger partial charge is 0.225 e. The number of allylic oxidation sites excluding steroid dienone is 2. The van der Waals surface area contributed by atoms with Gasteiger partial charge in [-0.2, -0.15) is 0 Å². The molecule has 168 valence electrons. The number of carbonyl (C=O) groups is 2. The van der Waals surface area contributed by atoms with Crippen molar-refractivity contribution >= 4 is 11.7 Å². The maximum Gasteiger partial charge on any atom is 0.225 e. The summed E-state index contributed by atoms with van der Waals surface area (Å²) in [4.78, 5) is 25.9. The Labute approximate surface area is 188 Å². The second-order valence-corrected chi connectivity index (χ2v) is 8.25. The van der Waals surface area contributed by atoms with E-state index in [4.69, 9.17) is 14.2 Å². The first-order chi connectivity index (χ1) is 15.5. The molecule has 32 heavy (non-hydrogen) atoms. The van der Waals surface area contributed by atoms with Crippen molar-refractivity contribution in [3.05, 3.63) is 64.9 Å². The van der Waals surface area contributed by atoms with Crippen molar-refractivity contribution in [3.63, 3.8) is 0 Å². The summed E-state index contributed by atoms with van der Waals surface area (Å²) in [6, 6.07) is 13.4. The highest BCUT2D eigenvalue weighted by molar-refractivity contribution is 6.02. The lowest BCUT2D eigenvalue weighted by atomic mass is 9.73. The highest BCUT2D eigenvalue weighted by atomic mass is 16.5. The molecule has 0 radical (unpaired) electrons. The first kappa shape index (κ1) is 21.9. The van der Waals surface area contributed by atoms with E-state index in [0.29, 0.717) is 30.9 Å². The van der Waals surface area contributed by atoms with E-state index in [-0.39, 0.29) is 29.9 Å². The van der Waals surface area contributed by atoms with Gasteiger partial charge in [-0.15, -0.1) is 0 Å². The Morgan fingerprint density at radius 3 is 2.38 bits per heavy atom. The molecule has 6 nitrogen and oxygen atoms in total. The minimum Gasteiger partial charge on any atom is -0.497 e. The maximum atomic E-state index is 13.4. The highest BCUT2D eigenvalue weighted by Gasteiger charge is 2.38. The highest BCUT2D eigenvalue weighted by Crippen LogP contribution is 2.45. The van der Waals surface area contributed by atoms with E-state index in [0.717, 1.165) is 34.6 Å². The van der Waals surface area contributed by atoms with E-state index in [9.17, 15) is 9.59 Å². The van der Waals surface area contributed by atoms with E-state index >= 15 is 0 Å². The van der Waals surface area contributed by atoms with Crippen LogP contribution in [0, 0.1) is 0 Å². The quantitative estimate of drug-likeness (QED) is 0.693. The van der Waals surface area contributed by atoms with Gasteiger partial charge in [-0.05, 0) is 48.7 Å². The molecular formula is C26H29NO5. The van der Waals surface area contributed by atoms with E-state index in [1.807, 2.05) is 42.5 Å². The second kappa shape index (κ2) is 9.47. The van der Waals surface area contributed by atoms with Crippen molar-refractivity contribution in [2.45, 2.75) is 44.4 Å². The SMILES string of the molecule is CCCOc1ccc([C@H]2CC(=O)NC3=C2C(=O)C[C@@H](c2cc(OC)ccc2OC)C3)cc1. The maximum absolute atomic E-state index is 13.4. The van der Waals surface area contributed by atoms with Gasteiger partial charge < -0.3 is 19.5 Å². The van der Waals surface area contributed by atoms with E-state index in [2.05, 4.69) is 12.2 Å². The standard InChI is InChI=1S/C26H29NO5/c1-4-11-32-18-7-5-16(6-8-18)21-15-25(29)27-22-12-17(13-23(28)26(21)22)20-14-19(30-2)9-10-24(20)31-3/h5-10,14,17,21H,4,11-13,15H2,1-3H3,(H,27,29)/t17-,21+/m0/s1. The van der Waals surface area contributed by atoms with Gasteiger partial charge in [-0.3, -0.25) is 9.59 Å². The average Bonchev–Trinajstić information content (AvgIpc) is 2.81.